The zero-order chi connectivity index (χ0) is 10.6. The third kappa shape index (κ3) is 3.98. The van der Waals surface area contributed by atoms with Gasteiger partial charge in [-0.25, -0.2) is 0 Å². The topological polar surface area (TPSA) is 26.3 Å². The van der Waals surface area contributed by atoms with Crippen LogP contribution in [0.25, 0.3) is 0 Å². The van der Waals surface area contributed by atoms with E-state index >= 15 is 0 Å². The number of rotatable bonds is 3. The van der Waals surface area contributed by atoms with Crippen LogP contribution in [0.15, 0.2) is 0 Å². The fourth-order valence-corrected chi connectivity index (χ4v) is 2.91. The van der Waals surface area contributed by atoms with Crippen LogP contribution < -0.4 is 0 Å². The lowest BCUT2D eigenvalue weighted by Crippen LogP contribution is -2.54. The van der Waals surface area contributed by atoms with Crippen LogP contribution in [-0.4, -0.2) is 54.7 Å². The van der Waals surface area contributed by atoms with E-state index < -0.39 is 0 Å². The van der Waals surface area contributed by atoms with E-state index in [0.29, 0.717) is 5.25 Å². The Bertz CT molecular complexity index is 202. The Balaban J connectivity index is 2.36. The van der Waals surface area contributed by atoms with Crippen molar-refractivity contribution in [2.24, 2.45) is 0 Å². The first-order chi connectivity index (χ1) is 6.52. The molecule has 1 saturated heterocycles. The smallest absolute Gasteiger partial charge is 0.186 e. The Morgan fingerprint density at radius 1 is 1.50 bits per heavy atom. The van der Waals surface area contributed by atoms with Gasteiger partial charge in [-0.15, -0.1) is 0 Å². The Labute approximate surface area is 90.4 Å². The van der Waals surface area contributed by atoms with Crippen molar-refractivity contribution in [1.82, 2.24) is 0 Å². The molecule has 82 valence electrons. The third-order valence-electron chi connectivity index (χ3n) is 2.62. The molecule has 0 aromatic carbocycles. The van der Waals surface area contributed by atoms with Crippen LogP contribution in [0.4, 0.5) is 0 Å². The van der Waals surface area contributed by atoms with Crippen molar-refractivity contribution in [3.63, 3.8) is 0 Å². The number of thioether (sulfide) groups is 1. The lowest BCUT2D eigenvalue weighted by molar-refractivity contribution is -0.916. The lowest BCUT2D eigenvalue weighted by Gasteiger charge is -2.39. The number of morpholine rings is 1. The minimum absolute atomic E-state index is 0.220. The van der Waals surface area contributed by atoms with E-state index in [1.807, 2.05) is 0 Å². The number of hydrogen-bond acceptors (Lipinski definition) is 3. The molecule has 1 unspecified atom stereocenters. The maximum Gasteiger partial charge on any atom is 0.186 e. The summed E-state index contributed by atoms with van der Waals surface area (Å²) in [6.45, 7) is 8.69. The Morgan fingerprint density at radius 2 is 2.07 bits per heavy atom. The summed E-state index contributed by atoms with van der Waals surface area (Å²) < 4.78 is 6.38. The average Bonchev–Trinajstić information content (AvgIpc) is 2.02. The zero-order valence-electron chi connectivity index (χ0n) is 9.28. The molecule has 3 nitrogen and oxygen atoms in total. The highest BCUT2D eigenvalue weighted by molar-refractivity contribution is 8.14. The summed E-state index contributed by atoms with van der Waals surface area (Å²) in [6, 6.07) is 0. The third-order valence-corrected chi connectivity index (χ3v) is 3.50. The fraction of sp³-hybridized carbons (Fsp3) is 0.900. The highest BCUT2D eigenvalue weighted by Gasteiger charge is 2.27. The summed E-state index contributed by atoms with van der Waals surface area (Å²) in [7, 11) is 2.25. The molecular weight excluding hydrogens is 198 g/mol. The minimum atomic E-state index is 0.220. The molecule has 14 heavy (non-hydrogen) atoms. The van der Waals surface area contributed by atoms with Crippen LogP contribution >= 0.6 is 11.8 Å². The largest absolute Gasteiger partial charge is 0.370 e. The van der Waals surface area contributed by atoms with E-state index in [4.69, 9.17) is 4.74 Å². The van der Waals surface area contributed by atoms with E-state index in [0.717, 1.165) is 37.3 Å². The van der Waals surface area contributed by atoms with E-state index in [1.165, 1.54) is 11.8 Å². The average molecular weight is 218 g/mol. The van der Waals surface area contributed by atoms with Crippen molar-refractivity contribution in [3.8, 4) is 0 Å². The number of carbonyl (C=O) groups is 1. The molecule has 1 rings (SSSR count). The number of quaternary nitrogens is 1. The second kappa shape index (κ2) is 5.14. The van der Waals surface area contributed by atoms with Gasteiger partial charge in [0.15, 0.2) is 5.12 Å². The van der Waals surface area contributed by atoms with Crippen LogP contribution in [0.1, 0.15) is 13.8 Å². The summed E-state index contributed by atoms with van der Waals surface area (Å²) in [6.07, 6.45) is 0. The van der Waals surface area contributed by atoms with Gasteiger partial charge in [0, 0.05) is 6.92 Å². The van der Waals surface area contributed by atoms with Gasteiger partial charge in [0.05, 0.1) is 32.1 Å². The monoisotopic (exact) mass is 218 g/mol. The van der Waals surface area contributed by atoms with Crippen molar-refractivity contribution in [3.05, 3.63) is 0 Å². The van der Waals surface area contributed by atoms with Gasteiger partial charge in [-0.1, -0.05) is 11.8 Å². The van der Waals surface area contributed by atoms with E-state index in [9.17, 15) is 4.79 Å². The van der Waals surface area contributed by atoms with Gasteiger partial charge in [0.1, 0.15) is 13.1 Å². The number of carbonyl (C=O) groups excluding carboxylic acids is 1. The molecule has 1 atom stereocenters. The Hall–Kier alpha value is -0.0600. The lowest BCUT2D eigenvalue weighted by atomic mass is 10.3. The molecule has 0 bridgehead atoms. The first kappa shape index (κ1) is 12.0. The summed E-state index contributed by atoms with van der Waals surface area (Å²) in [5.74, 6) is 0. The predicted molar refractivity (Wildman–Crippen MR) is 59.3 cm³/mol. The molecule has 0 N–H and O–H groups in total. The van der Waals surface area contributed by atoms with Crippen LogP contribution in [0, 0.1) is 0 Å². The maximum absolute atomic E-state index is 10.9. The highest BCUT2D eigenvalue weighted by atomic mass is 32.2. The summed E-state index contributed by atoms with van der Waals surface area (Å²) in [4.78, 5) is 10.9. The van der Waals surface area contributed by atoms with Crippen molar-refractivity contribution in [2.75, 3.05) is 39.9 Å². The number of likely N-dealkylation sites (N-methyl/N-ethyl adjacent to an activating group) is 1. The normalized spacial score (nSPS) is 23.1. The fourth-order valence-electron chi connectivity index (χ4n) is 1.91. The first-order valence-corrected chi connectivity index (χ1v) is 5.98. The molecule has 0 radical (unpaired) electrons. The SMILES string of the molecule is CC(=O)SC(C)C[N+]1(C)CCOCC1. The second-order valence-corrected chi connectivity index (χ2v) is 5.90. The Morgan fingerprint density at radius 3 is 2.57 bits per heavy atom. The zero-order valence-corrected chi connectivity index (χ0v) is 10.1. The maximum atomic E-state index is 10.9. The van der Waals surface area contributed by atoms with E-state index in [1.54, 1.807) is 6.92 Å². The van der Waals surface area contributed by atoms with Crippen LogP contribution in [0.5, 0.6) is 0 Å². The summed E-state index contributed by atoms with van der Waals surface area (Å²) in [5, 5.41) is 0.632. The van der Waals surface area contributed by atoms with Crippen LogP contribution in [0.2, 0.25) is 0 Å². The molecular formula is C10H20NO2S+. The molecule has 0 aromatic rings. The minimum Gasteiger partial charge on any atom is -0.370 e. The quantitative estimate of drug-likeness (QED) is 0.664. The molecule has 0 amide bonds. The highest BCUT2D eigenvalue weighted by Crippen LogP contribution is 2.17. The molecule has 1 aliphatic rings. The van der Waals surface area contributed by atoms with Gasteiger partial charge in [-0.05, 0) is 6.92 Å². The van der Waals surface area contributed by atoms with Gasteiger partial charge >= 0.3 is 0 Å². The number of ether oxygens (including phenoxy) is 1. The van der Waals surface area contributed by atoms with Crippen molar-refractivity contribution >= 4 is 16.9 Å². The second-order valence-electron chi connectivity index (χ2n) is 4.28. The molecule has 1 fully saturated rings. The van der Waals surface area contributed by atoms with Gasteiger partial charge in [0.2, 0.25) is 0 Å². The van der Waals surface area contributed by atoms with Crippen molar-refractivity contribution in [2.45, 2.75) is 19.1 Å². The van der Waals surface area contributed by atoms with Gasteiger partial charge in [0.25, 0.3) is 0 Å². The molecule has 1 aliphatic heterocycles. The van der Waals surface area contributed by atoms with Gasteiger partial charge in [-0.3, -0.25) is 4.79 Å². The van der Waals surface area contributed by atoms with Crippen LogP contribution in [0.3, 0.4) is 0 Å². The van der Waals surface area contributed by atoms with E-state index in [2.05, 4.69) is 14.0 Å². The molecule has 4 heteroatoms. The van der Waals surface area contributed by atoms with Crippen LogP contribution in [-0.2, 0) is 9.53 Å². The number of nitrogens with zero attached hydrogens (tertiary/aromatic N) is 1. The predicted octanol–water partition coefficient (Wildman–Crippen LogP) is 1.13. The van der Waals surface area contributed by atoms with Gasteiger partial charge < -0.3 is 9.22 Å². The molecule has 0 aromatic heterocycles. The Kier molecular flexibility index (Phi) is 4.41. The molecule has 0 saturated carbocycles. The van der Waals surface area contributed by atoms with E-state index in [-0.39, 0.29) is 5.12 Å². The number of hydrogen-bond donors (Lipinski definition) is 0. The summed E-state index contributed by atoms with van der Waals surface area (Å²) in [5.41, 5.74) is 0. The molecule has 1 heterocycles. The standard InChI is InChI=1S/C10H20NO2S/c1-9(14-10(2)12)8-11(3)4-6-13-7-5-11/h9H,4-8H2,1-3H3/q+1. The summed E-state index contributed by atoms with van der Waals surface area (Å²) >= 11 is 1.45. The first-order valence-electron chi connectivity index (χ1n) is 5.10. The van der Waals surface area contributed by atoms with Crippen molar-refractivity contribution < 1.29 is 14.0 Å². The van der Waals surface area contributed by atoms with Crippen molar-refractivity contribution in [1.29, 1.82) is 0 Å². The molecule has 0 aliphatic carbocycles. The van der Waals surface area contributed by atoms with Gasteiger partial charge in [-0.2, -0.15) is 0 Å². The molecule has 0 spiro atoms.